The monoisotopic (exact) mass is 282 g/mol. The molecule has 106 valence electrons. The topological polar surface area (TPSA) is 58.1 Å². The predicted molar refractivity (Wildman–Crippen MR) is 77.5 cm³/mol. The molecule has 2 rings (SSSR count). The van der Waals surface area contributed by atoms with E-state index in [9.17, 15) is 4.79 Å². The number of nitrogens with one attached hydrogen (secondary N) is 1. The van der Waals surface area contributed by atoms with Gasteiger partial charge in [-0.05, 0) is 20.8 Å². The fourth-order valence-corrected chi connectivity index (χ4v) is 2.94. The molecule has 1 aliphatic heterocycles. The van der Waals surface area contributed by atoms with E-state index < -0.39 is 0 Å². The van der Waals surface area contributed by atoms with Crippen LogP contribution in [0.2, 0.25) is 0 Å². The van der Waals surface area contributed by atoms with E-state index in [4.69, 9.17) is 0 Å². The standard InChI is InChI=1S/C13H22N4OS/c1-8(2)11-15-12(19-16-11)14-9-6-10(18)17(7-9)13(3,4)5/h8-9H,6-7H2,1-5H3,(H,14,15,16)/t9-/m1/s1. The van der Waals surface area contributed by atoms with Gasteiger partial charge in [-0.2, -0.15) is 4.37 Å². The summed E-state index contributed by atoms with van der Waals surface area (Å²) in [6, 6.07) is 0.139. The van der Waals surface area contributed by atoms with Crippen LogP contribution in [0.1, 0.15) is 52.8 Å². The second-order valence-electron chi connectivity index (χ2n) is 6.33. The number of likely N-dealkylation sites (tertiary alicyclic amines) is 1. The van der Waals surface area contributed by atoms with Gasteiger partial charge in [0, 0.05) is 36.0 Å². The fourth-order valence-electron chi connectivity index (χ4n) is 2.15. The van der Waals surface area contributed by atoms with Crippen LogP contribution in [-0.2, 0) is 4.79 Å². The van der Waals surface area contributed by atoms with Crippen LogP contribution in [0.3, 0.4) is 0 Å². The Morgan fingerprint density at radius 2 is 2.11 bits per heavy atom. The normalized spacial score (nSPS) is 20.4. The highest BCUT2D eigenvalue weighted by Crippen LogP contribution is 2.25. The van der Waals surface area contributed by atoms with Crippen molar-refractivity contribution in [2.24, 2.45) is 0 Å². The lowest BCUT2D eigenvalue weighted by atomic mass is 10.1. The van der Waals surface area contributed by atoms with Crippen LogP contribution in [0.5, 0.6) is 0 Å². The summed E-state index contributed by atoms with van der Waals surface area (Å²) in [5.41, 5.74) is -0.113. The highest BCUT2D eigenvalue weighted by atomic mass is 32.1. The zero-order chi connectivity index (χ0) is 14.2. The van der Waals surface area contributed by atoms with Crippen LogP contribution in [0.4, 0.5) is 5.13 Å². The van der Waals surface area contributed by atoms with Gasteiger partial charge in [-0.1, -0.05) is 13.8 Å². The molecular weight excluding hydrogens is 260 g/mol. The molecule has 0 aromatic carbocycles. The summed E-state index contributed by atoms with van der Waals surface area (Å²) in [6.07, 6.45) is 0.536. The molecule has 0 aliphatic carbocycles. The summed E-state index contributed by atoms with van der Waals surface area (Å²) in [6.45, 7) is 11.1. The lowest BCUT2D eigenvalue weighted by Crippen LogP contribution is -2.43. The lowest BCUT2D eigenvalue weighted by Gasteiger charge is -2.32. The molecule has 5 nitrogen and oxygen atoms in total. The highest BCUT2D eigenvalue weighted by Gasteiger charge is 2.36. The van der Waals surface area contributed by atoms with E-state index in [0.717, 1.165) is 17.5 Å². The summed E-state index contributed by atoms with van der Waals surface area (Å²) in [7, 11) is 0. The molecule has 1 atom stereocenters. The van der Waals surface area contributed by atoms with Gasteiger partial charge in [0.05, 0.1) is 6.04 Å². The molecule has 0 spiro atoms. The van der Waals surface area contributed by atoms with Gasteiger partial charge in [0.2, 0.25) is 11.0 Å². The third kappa shape index (κ3) is 3.23. The zero-order valence-corrected chi connectivity index (χ0v) is 13.0. The smallest absolute Gasteiger partial charge is 0.225 e. The maximum atomic E-state index is 12.0. The first-order valence-corrected chi connectivity index (χ1v) is 7.45. The highest BCUT2D eigenvalue weighted by molar-refractivity contribution is 7.09. The number of hydrogen-bond donors (Lipinski definition) is 1. The second kappa shape index (κ2) is 5.07. The average Bonchev–Trinajstić information content (AvgIpc) is 2.85. The zero-order valence-electron chi connectivity index (χ0n) is 12.2. The molecule has 1 amide bonds. The summed E-state index contributed by atoms with van der Waals surface area (Å²) < 4.78 is 4.31. The number of carbonyl (C=O) groups excluding carboxylic acids is 1. The van der Waals surface area contributed by atoms with Gasteiger partial charge in [0.25, 0.3) is 0 Å². The average molecular weight is 282 g/mol. The van der Waals surface area contributed by atoms with Crippen molar-refractivity contribution in [3.05, 3.63) is 5.82 Å². The number of aromatic nitrogens is 2. The molecule has 1 aromatic rings. The fraction of sp³-hybridized carbons (Fsp3) is 0.769. The molecule has 1 saturated heterocycles. The minimum absolute atomic E-state index is 0.113. The summed E-state index contributed by atoms with van der Waals surface area (Å²) in [4.78, 5) is 18.4. The maximum Gasteiger partial charge on any atom is 0.225 e. The van der Waals surface area contributed by atoms with E-state index in [-0.39, 0.29) is 17.5 Å². The van der Waals surface area contributed by atoms with E-state index in [1.165, 1.54) is 11.5 Å². The molecule has 1 aliphatic rings. The van der Waals surface area contributed by atoms with E-state index in [2.05, 4.69) is 49.3 Å². The quantitative estimate of drug-likeness (QED) is 0.925. The third-order valence-corrected chi connectivity index (χ3v) is 3.88. The maximum absolute atomic E-state index is 12.0. The van der Waals surface area contributed by atoms with E-state index >= 15 is 0 Å². The predicted octanol–water partition coefficient (Wildman–Crippen LogP) is 2.47. The van der Waals surface area contributed by atoms with Gasteiger partial charge in [0.15, 0.2) is 0 Å². The van der Waals surface area contributed by atoms with E-state index in [1.807, 2.05) is 4.90 Å². The number of rotatable bonds is 3. The van der Waals surface area contributed by atoms with Crippen molar-refractivity contribution in [2.75, 3.05) is 11.9 Å². The van der Waals surface area contributed by atoms with Crippen molar-refractivity contribution >= 4 is 22.6 Å². The van der Waals surface area contributed by atoms with Gasteiger partial charge in [-0.25, -0.2) is 4.98 Å². The Balaban J connectivity index is 1.99. The molecule has 2 heterocycles. The Hall–Kier alpha value is -1.17. The van der Waals surface area contributed by atoms with Crippen LogP contribution in [0.25, 0.3) is 0 Å². The Morgan fingerprint density at radius 3 is 2.58 bits per heavy atom. The molecule has 6 heteroatoms. The minimum Gasteiger partial charge on any atom is -0.355 e. The third-order valence-electron chi connectivity index (χ3n) is 3.22. The molecule has 1 aromatic heterocycles. The van der Waals surface area contributed by atoms with Gasteiger partial charge in [-0.15, -0.1) is 0 Å². The number of carbonyl (C=O) groups is 1. The first-order valence-electron chi connectivity index (χ1n) is 6.68. The van der Waals surface area contributed by atoms with Crippen LogP contribution < -0.4 is 5.32 Å². The first kappa shape index (κ1) is 14.2. The minimum atomic E-state index is -0.113. The molecule has 1 N–H and O–H groups in total. The van der Waals surface area contributed by atoms with Crippen molar-refractivity contribution in [3.8, 4) is 0 Å². The molecule has 0 radical (unpaired) electrons. The van der Waals surface area contributed by atoms with Crippen LogP contribution in [0, 0.1) is 0 Å². The van der Waals surface area contributed by atoms with Crippen LogP contribution in [0.15, 0.2) is 0 Å². The van der Waals surface area contributed by atoms with Gasteiger partial charge in [-0.3, -0.25) is 4.79 Å². The van der Waals surface area contributed by atoms with Gasteiger partial charge in [0.1, 0.15) is 5.82 Å². The number of anilines is 1. The molecular formula is C13H22N4OS. The van der Waals surface area contributed by atoms with Crippen molar-refractivity contribution in [2.45, 2.75) is 58.5 Å². The Bertz CT molecular complexity index is 463. The summed E-state index contributed by atoms with van der Waals surface area (Å²) in [5.74, 6) is 1.41. The number of nitrogens with zero attached hydrogens (tertiary/aromatic N) is 3. The second-order valence-corrected chi connectivity index (χ2v) is 7.08. The molecule has 0 bridgehead atoms. The van der Waals surface area contributed by atoms with E-state index in [0.29, 0.717) is 12.3 Å². The van der Waals surface area contributed by atoms with Crippen molar-refractivity contribution < 1.29 is 4.79 Å². The van der Waals surface area contributed by atoms with Crippen molar-refractivity contribution in [1.82, 2.24) is 14.3 Å². The van der Waals surface area contributed by atoms with Gasteiger partial charge < -0.3 is 10.2 Å². The van der Waals surface area contributed by atoms with Crippen LogP contribution >= 0.6 is 11.5 Å². The van der Waals surface area contributed by atoms with E-state index in [1.54, 1.807) is 0 Å². The number of amides is 1. The molecule has 0 unspecified atom stereocenters. The Morgan fingerprint density at radius 1 is 1.42 bits per heavy atom. The lowest BCUT2D eigenvalue weighted by molar-refractivity contribution is -0.131. The largest absolute Gasteiger partial charge is 0.355 e. The Labute approximate surface area is 118 Å². The molecule has 0 saturated carbocycles. The summed E-state index contributed by atoms with van der Waals surface area (Å²) in [5, 5.41) is 4.15. The van der Waals surface area contributed by atoms with Crippen molar-refractivity contribution in [1.29, 1.82) is 0 Å². The molecule has 1 fully saturated rings. The Kier molecular flexibility index (Phi) is 3.80. The first-order chi connectivity index (χ1) is 8.77. The molecule has 19 heavy (non-hydrogen) atoms. The van der Waals surface area contributed by atoms with Crippen LogP contribution in [-0.4, -0.2) is 38.3 Å². The van der Waals surface area contributed by atoms with Crippen molar-refractivity contribution in [3.63, 3.8) is 0 Å². The SMILES string of the molecule is CC(C)c1nsc(N[C@@H]2CC(=O)N(C(C)(C)C)C2)n1. The van der Waals surface area contributed by atoms with Gasteiger partial charge >= 0.3 is 0 Å². The summed E-state index contributed by atoms with van der Waals surface area (Å²) >= 11 is 1.37. The number of hydrogen-bond acceptors (Lipinski definition) is 5.